The number of rotatable bonds is 6. The lowest BCUT2D eigenvalue weighted by Crippen LogP contribution is -2.19. The summed E-state index contributed by atoms with van der Waals surface area (Å²) in [7, 11) is 0. The van der Waals surface area contributed by atoms with Crippen LogP contribution in [0.5, 0.6) is 0 Å². The molecule has 0 aliphatic rings. The molecular weight excluding hydrogens is 342 g/mol. The number of fused-ring (bicyclic) bond motifs is 1. The molecule has 0 aliphatic heterocycles. The van der Waals surface area contributed by atoms with Crippen molar-refractivity contribution in [3.63, 3.8) is 0 Å². The average molecular weight is 357 g/mol. The molecule has 1 aromatic heterocycles. The predicted octanol–water partition coefficient (Wildman–Crippen LogP) is 3.67. The number of ether oxygens (including phenoxy) is 1. The smallest absolute Gasteiger partial charge is 0.274 e. The van der Waals surface area contributed by atoms with Gasteiger partial charge < -0.3 is 10.1 Å². The maximum absolute atomic E-state index is 12.0. The number of nitrogens with one attached hydrogen (secondary N) is 1. The molecule has 1 heterocycles. The Balaban J connectivity index is 1.56. The first-order chi connectivity index (χ1) is 12.0. The van der Waals surface area contributed by atoms with Crippen molar-refractivity contribution in [3.8, 4) is 0 Å². The quantitative estimate of drug-likeness (QED) is 0.536. The number of carbonyl (C=O) groups excluding carboxylic acids is 1. The summed E-state index contributed by atoms with van der Waals surface area (Å²) < 4.78 is 6.47. The van der Waals surface area contributed by atoms with Gasteiger partial charge in [-0.05, 0) is 25.1 Å². The van der Waals surface area contributed by atoms with E-state index >= 15 is 0 Å². The summed E-state index contributed by atoms with van der Waals surface area (Å²) in [6, 6.07) is 12.3. The number of nitrogens with zero attached hydrogens (tertiary/aromatic N) is 2. The van der Waals surface area contributed by atoms with E-state index < -0.39 is 4.92 Å². The van der Waals surface area contributed by atoms with Crippen molar-refractivity contribution < 1.29 is 14.5 Å². The van der Waals surface area contributed by atoms with Gasteiger partial charge in [0.05, 0.1) is 33.0 Å². The molecule has 128 valence electrons. The number of hydrogen-bond donors (Lipinski definition) is 1. The largest absolute Gasteiger partial charge is 0.364 e. The Labute approximate surface area is 147 Å². The van der Waals surface area contributed by atoms with Gasteiger partial charge in [-0.25, -0.2) is 4.98 Å². The van der Waals surface area contributed by atoms with E-state index in [9.17, 15) is 14.9 Å². The van der Waals surface area contributed by atoms with Gasteiger partial charge in [0.25, 0.3) is 5.69 Å². The Morgan fingerprint density at radius 1 is 1.28 bits per heavy atom. The van der Waals surface area contributed by atoms with Crippen LogP contribution in [-0.2, 0) is 16.1 Å². The first-order valence-electron chi connectivity index (χ1n) is 7.50. The number of nitro groups is 1. The number of nitro benzene ring substituents is 1. The second kappa shape index (κ2) is 7.37. The van der Waals surface area contributed by atoms with E-state index in [0.717, 1.165) is 15.2 Å². The molecule has 25 heavy (non-hydrogen) atoms. The third-order valence-electron chi connectivity index (χ3n) is 3.57. The van der Waals surface area contributed by atoms with Crippen LogP contribution in [0.2, 0.25) is 0 Å². The number of para-hydroxylation sites is 1. The minimum absolute atomic E-state index is 0.0341. The number of hydrogen-bond acceptors (Lipinski definition) is 6. The van der Waals surface area contributed by atoms with Gasteiger partial charge in [0.2, 0.25) is 5.91 Å². The van der Waals surface area contributed by atoms with Crippen LogP contribution < -0.4 is 5.32 Å². The lowest BCUT2D eigenvalue weighted by atomic mass is 10.1. The van der Waals surface area contributed by atoms with E-state index in [-0.39, 0.29) is 24.8 Å². The van der Waals surface area contributed by atoms with Gasteiger partial charge in [-0.2, -0.15) is 0 Å². The summed E-state index contributed by atoms with van der Waals surface area (Å²) in [5.41, 5.74) is 1.69. The van der Waals surface area contributed by atoms with Crippen molar-refractivity contribution in [1.82, 2.24) is 4.98 Å². The van der Waals surface area contributed by atoms with Crippen LogP contribution in [0.4, 0.5) is 11.4 Å². The lowest BCUT2D eigenvalue weighted by Gasteiger charge is -2.08. The molecule has 1 N–H and O–H groups in total. The molecule has 0 spiro atoms. The number of thiazole rings is 1. The van der Waals surface area contributed by atoms with Crippen LogP contribution in [0.25, 0.3) is 10.2 Å². The zero-order chi connectivity index (χ0) is 17.8. The highest BCUT2D eigenvalue weighted by molar-refractivity contribution is 7.18. The molecule has 1 amide bonds. The number of carbonyl (C=O) groups is 1. The van der Waals surface area contributed by atoms with Crippen molar-refractivity contribution in [1.29, 1.82) is 0 Å². The van der Waals surface area contributed by atoms with Crippen molar-refractivity contribution in [3.05, 3.63) is 63.1 Å². The topological polar surface area (TPSA) is 94.4 Å². The van der Waals surface area contributed by atoms with Crippen molar-refractivity contribution in [2.24, 2.45) is 0 Å². The Hall–Kier alpha value is -2.84. The lowest BCUT2D eigenvalue weighted by molar-refractivity contribution is -0.385. The number of amides is 1. The third-order valence-corrected chi connectivity index (χ3v) is 4.58. The van der Waals surface area contributed by atoms with E-state index in [1.807, 2.05) is 24.3 Å². The maximum Gasteiger partial charge on any atom is 0.274 e. The highest BCUT2D eigenvalue weighted by atomic mass is 32.1. The summed E-state index contributed by atoms with van der Waals surface area (Å²) in [5, 5.41) is 14.4. The second-order valence-electron chi connectivity index (χ2n) is 5.32. The molecule has 0 saturated heterocycles. The minimum Gasteiger partial charge on any atom is -0.364 e. The molecule has 7 nitrogen and oxygen atoms in total. The fourth-order valence-corrected chi connectivity index (χ4v) is 3.26. The molecule has 0 unspecified atom stereocenters. The highest BCUT2D eigenvalue weighted by Gasteiger charge is 2.15. The molecule has 0 atom stereocenters. The second-order valence-corrected chi connectivity index (χ2v) is 6.44. The molecule has 0 fully saturated rings. The van der Waals surface area contributed by atoms with E-state index in [1.54, 1.807) is 13.0 Å². The summed E-state index contributed by atoms with van der Waals surface area (Å²) in [5.74, 6) is -0.371. The molecule has 3 rings (SSSR count). The normalized spacial score (nSPS) is 10.8. The number of benzene rings is 2. The highest BCUT2D eigenvalue weighted by Crippen LogP contribution is 2.25. The Bertz CT molecular complexity index is 906. The van der Waals surface area contributed by atoms with E-state index in [1.165, 1.54) is 23.5 Å². The van der Waals surface area contributed by atoms with E-state index in [2.05, 4.69) is 10.3 Å². The molecule has 3 aromatic rings. The molecular formula is C17H15N3O4S. The van der Waals surface area contributed by atoms with E-state index in [0.29, 0.717) is 11.3 Å². The maximum atomic E-state index is 12.0. The van der Waals surface area contributed by atoms with Gasteiger partial charge in [0, 0.05) is 6.07 Å². The Morgan fingerprint density at radius 2 is 2.08 bits per heavy atom. The number of aromatic nitrogens is 1. The Morgan fingerprint density at radius 3 is 2.84 bits per heavy atom. The molecule has 8 heteroatoms. The van der Waals surface area contributed by atoms with Gasteiger partial charge >= 0.3 is 0 Å². The van der Waals surface area contributed by atoms with Crippen LogP contribution in [0.3, 0.4) is 0 Å². The number of anilines is 1. The first kappa shape index (κ1) is 17.0. The standard InChI is InChI=1S/C17H15N3O4S/c1-11-12(6-4-7-14(11)20(22)23)18-16(21)9-24-10-17-19-13-5-2-3-8-15(13)25-17/h2-8H,9-10H2,1H3,(H,18,21). The fraction of sp³-hybridized carbons (Fsp3) is 0.176. The third kappa shape index (κ3) is 3.98. The summed E-state index contributed by atoms with van der Waals surface area (Å²) >= 11 is 1.52. The Kier molecular flexibility index (Phi) is 5.01. The summed E-state index contributed by atoms with van der Waals surface area (Å²) in [6.45, 7) is 1.68. The van der Waals surface area contributed by atoms with Crippen LogP contribution >= 0.6 is 11.3 Å². The summed E-state index contributed by atoms with van der Waals surface area (Å²) in [4.78, 5) is 26.9. The average Bonchev–Trinajstić information content (AvgIpc) is 2.99. The van der Waals surface area contributed by atoms with Crippen molar-refractivity contribution >= 4 is 38.8 Å². The van der Waals surface area contributed by atoms with Gasteiger partial charge in [0.1, 0.15) is 11.6 Å². The SMILES string of the molecule is Cc1c(NC(=O)COCc2nc3ccccc3s2)cccc1[N+](=O)[O-]. The minimum atomic E-state index is -0.478. The molecule has 0 bridgehead atoms. The monoisotopic (exact) mass is 357 g/mol. The zero-order valence-electron chi connectivity index (χ0n) is 13.4. The van der Waals surface area contributed by atoms with Crippen LogP contribution in [0.1, 0.15) is 10.6 Å². The van der Waals surface area contributed by atoms with Gasteiger partial charge in [-0.3, -0.25) is 14.9 Å². The molecule has 0 saturated carbocycles. The van der Waals surface area contributed by atoms with Gasteiger partial charge in [0.15, 0.2) is 0 Å². The fourth-order valence-electron chi connectivity index (χ4n) is 2.36. The molecule has 0 aliphatic carbocycles. The van der Waals surface area contributed by atoms with Crippen molar-refractivity contribution in [2.45, 2.75) is 13.5 Å². The van der Waals surface area contributed by atoms with E-state index in [4.69, 9.17) is 4.74 Å². The zero-order valence-corrected chi connectivity index (χ0v) is 14.2. The first-order valence-corrected chi connectivity index (χ1v) is 8.32. The van der Waals surface area contributed by atoms with Crippen LogP contribution in [-0.4, -0.2) is 22.4 Å². The molecule has 2 aromatic carbocycles. The summed E-state index contributed by atoms with van der Waals surface area (Å²) in [6.07, 6.45) is 0. The van der Waals surface area contributed by atoms with Crippen LogP contribution in [0.15, 0.2) is 42.5 Å². The van der Waals surface area contributed by atoms with Gasteiger partial charge in [-0.1, -0.05) is 18.2 Å². The van der Waals surface area contributed by atoms with Gasteiger partial charge in [-0.15, -0.1) is 11.3 Å². The van der Waals surface area contributed by atoms with Crippen molar-refractivity contribution in [2.75, 3.05) is 11.9 Å². The predicted molar refractivity (Wildman–Crippen MR) is 95.7 cm³/mol. The molecule has 0 radical (unpaired) electrons. The van der Waals surface area contributed by atoms with Crippen LogP contribution in [0, 0.1) is 17.0 Å².